The molecule has 15 heavy (non-hydrogen) atoms. The van der Waals surface area contributed by atoms with E-state index in [1.54, 1.807) is 14.1 Å². The van der Waals surface area contributed by atoms with Crippen molar-refractivity contribution in [2.45, 2.75) is 25.8 Å². The maximum Gasteiger partial charge on any atom is 0.214 e. The van der Waals surface area contributed by atoms with Gasteiger partial charge in [-0.15, -0.1) is 6.58 Å². The van der Waals surface area contributed by atoms with Crippen molar-refractivity contribution in [2.24, 2.45) is 0 Å². The molecule has 0 aliphatic rings. The van der Waals surface area contributed by atoms with Gasteiger partial charge < -0.3 is 5.32 Å². The van der Waals surface area contributed by atoms with E-state index in [0.29, 0.717) is 12.6 Å². The van der Waals surface area contributed by atoms with Crippen molar-refractivity contribution in [2.75, 3.05) is 26.4 Å². The SMILES string of the molecule is C=CCCC(C)NCCS(=O)(=O)N(C)C. The largest absolute Gasteiger partial charge is 0.313 e. The van der Waals surface area contributed by atoms with E-state index >= 15 is 0 Å². The molecule has 5 heteroatoms. The van der Waals surface area contributed by atoms with Gasteiger partial charge in [0.05, 0.1) is 5.75 Å². The summed E-state index contributed by atoms with van der Waals surface area (Å²) < 4.78 is 24.0. The Labute approximate surface area is 93.4 Å². The van der Waals surface area contributed by atoms with E-state index in [1.165, 1.54) is 4.31 Å². The van der Waals surface area contributed by atoms with Crippen LogP contribution in [0.5, 0.6) is 0 Å². The van der Waals surface area contributed by atoms with Gasteiger partial charge >= 0.3 is 0 Å². The molecule has 1 atom stereocenters. The highest BCUT2D eigenvalue weighted by Gasteiger charge is 2.13. The Kier molecular flexibility index (Phi) is 6.80. The molecule has 0 heterocycles. The molecule has 90 valence electrons. The third-order valence-corrected chi connectivity index (χ3v) is 4.05. The second kappa shape index (κ2) is 6.98. The molecule has 0 aliphatic carbocycles. The molecule has 0 aromatic rings. The molecule has 4 nitrogen and oxygen atoms in total. The van der Waals surface area contributed by atoms with Crippen LogP contribution < -0.4 is 5.32 Å². The van der Waals surface area contributed by atoms with Gasteiger partial charge in [0.1, 0.15) is 0 Å². The van der Waals surface area contributed by atoms with Crippen LogP contribution in [0, 0.1) is 0 Å². The summed E-state index contributed by atoms with van der Waals surface area (Å²) in [5.74, 6) is 0.151. The lowest BCUT2D eigenvalue weighted by atomic mass is 10.2. The number of nitrogens with zero attached hydrogens (tertiary/aromatic N) is 1. The number of nitrogens with one attached hydrogen (secondary N) is 1. The molecule has 0 amide bonds. The van der Waals surface area contributed by atoms with Gasteiger partial charge in [0.15, 0.2) is 0 Å². The van der Waals surface area contributed by atoms with Gasteiger partial charge in [0, 0.05) is 26.7 Å². The van der Waals surface area contributed by atoms with Gasteiger partial charge in [-0.1, -0.05) is 6.08 Å². The van der Waals surface area contributed by atoms with E-state index in [0.717, 1.165) is 12.8 Å². The molecule has 0 radical (unpaired) electrons. The van der Waals surface area contributed by atoms with E-state index in [4.69, 9.17) is 0 Å². The molecule has 1 unspecified atom stereocenters. The summed E-state index contributed by atoms with van der Waals surface area (Å²) >= 11 is 0. The van der Waals surface area contributed by atoms with Crippen LogP contribution in [0.4, 0.5) is 0 Å². The lowest BCUT2D eigenvalue weighted by molar-refractivity contribution is 0.503. The predicted molar refractivity (Wildman–Crippen MR) is 64.4 cm³/mol. The summed E-state index contributed by atoms with van der Waals surface area (Å²) in [6.07, 6.45) is 3.81. The topological polar surface area (TPSA) is 49.4 Å². The van der Waals surface area contributed by atoms with Crippen molar-refractivity contribution in [1.29, 1.82) is 0 Å². The Balaban J connectivity index is 3.75. The fourth-order valence-corrected chi connectivity index (χ4v) is 1.83. The zero-order valence-electron chi connectivity index (χ0n) is 9.86. The van der Waals surface area contributed by atoms with Crippen LogP contribution in [-0.4, -0.2) is 45.2 Å². The summed E-state index contributed by atoms with van der Waals surface area (Å²) in [5.41, 5.74) is 0. The molecular weight excluding hydrogens is 212 g/mol. The number of hydrogen-bond donors (Lipinski definition) is 1. The van der Waals surface area contributed by atoms with Gasteiger partial charge in [-0.2, -0.15) is 0 Å². The van der Waals surface area contributed by atoms with Crippen LogP contribution in [0.1, 0.15) is 19.8 Å². The highest BCUT2D eigenvalue weighted by Crippen LogP contribution is 1.97. The monoisotopic (exact) mass is 234 g/mol. The van der Waals surface area contributed by atoms with Crippen molar-refractivity contribution in [3.8, 4) is 0 Å². The average molecular weight is 234 g/mol. The molecule has 0 bridgehead atoms. The first-order chi connectivity index (χ1) is 6.90. The van der Waals surface area contributed by atoms with Gasteiger partial charge in [0.2, 0.25) is 10.0 Å². The van der Waals surface area contributed by atoms with E-state index in [2.05, 4.69) is 11.9 Å². The Morgan fingerprint density at radius 2 is 2.07 bits per heavy atom. The van der Waals surface area contributed by atoms with Crippen LogP contribution in [-0.2, 0) is 10.0 Å². The van der Waals surface area contributed by atoms with Gasteiger partial charge in [-0.05, 0) is 19.8 Å². The van der Waals surface area contributed by atoms with Gasteiger partial charge in [0.25, 0.3) is 0 Å². The minimum Gasteiger partial charge on any atom is -0.313 e. The number of hydrogen-bond acceptors (Lipinski definition) is 3. The van der Waals surface area contributed by atoms with Crippen LogP contribution in [0.25, 0.3) is 0 Å². The smallest absolute Gasteiger partial charge is 0.214 e. The Bertz CT molecular complexity index is 273. The number of allylic oxidation sites excluding steroid dienone is 1. The van der Waals surface area contributed by atoms with Crippen LogP contribution >= 0.6 is 0 Å². The Morgan fingerprint density at radius 1 is 1.47 bits per heavy atom. The van der Waals surface area contributed by atoms with Crippen LogP contribution in [0.2, 0.25) is 0 Å². The average Bonchev–Trinajstić information content (AvgIpc) is 2.14. The fraction of sp³-hybridized carbons (Fsp3) is 0.800. The zero-order valence-corrected chi connectivity index (χ0v) is 10.7. The predicted octanol–water partition coefficient (Wildman–Crippen LogP) is 0.822. The van der Waals surface area contributed by atoms with Gasteiger partial charge in [-0.25, -0.2) is 12.7 Å². The number of rotatable bonds is 8. The van der Waals surface area contributed by atoms with Crippen molar-refractivity contribution in [3.63, 3.8) is 0 Å². The molecule has 0 fully saturated rings. The zero-order chi connectivity index (χ0) is 11.9. The van der Waals surface area contributed by atoms with Crippen molar-refractivity contribution in [1.82, 2.24) is 9.62 Å². The van der Waals surface area contributed by atoms with E-state index in [-0.39, 0.29) is 5.75 Å². The van der Waals surface area contributed by atoms with E-state index < -0.39 is 10.0 Å². The highest BCUT2D eigenvalue weighted by atomic mass is 32.2. The lowest BCUT2D eigenvalue weighted by Gasteiger charge is -2.15. The second-order valence-electron chi connectivity index (χ2n) is 3.82. The first-order valence-electron chi connectivity index (χ1n) is 5.14. The summed E-state index contributed by atoms with van der Waals surface area (Å²) in [5, 5.41) is 3.17. The normalized spacial score (nSPS) is 14.1. The maximum atomic E-state index is 11.4. The van der Waals surface area contributed by atoms with Crippen molar-refractivity contribution >= 4 is 10.0 Å². The molecule has 0 saturated carbocycles. The first-order valence-corrected chi connectivity index (χ1v) is 6.75. The molecule has 0 aromatic heterocycles. The minimum absolute atomic E-state index is 0.151. The Hall–Kier alpha value is -0.390. The molecule has 0 rings (SSSR count). The molecule has 0 aliphatic heterocycles. The third-order valence-electron chi connectivity index (χ3n) is 2.21. The van der Waals surface area contributed by atoms with E-state index in [9.17, 15) is 8.42 Å². The summed E-state index contributed by atoms with van der Waals surface area (Å²) in [4.78, 5) is 0. The summed E-state index contributed by atoms with van der Waals surface area (Å²) in [6, 6.07) is 0.334. The molecule has 1 N–H and O–H groups in total. The molecule has 0 aromatic carbocycles. The fourth-order valence-electron chi connectivity index (χ4n) is 1.09. The first kappa shape index (κ1) is 14.6. The Morgan fingerprint density at radius 3 is 2.53 bits per heavy atom. The summed E-state index contributed by atoms with van der Waals surface area (Å²) in [6.45, 7) is 6.19. The highest BCUT2D eigenvalue weighted by molar-refractivity contribution is 7.89. The van der Waals surface area contributed by atoms with E-state index in [1.807, 2.05) is 13.0 Å². The maximum absolute atomic E-state index is 11.4. The minimum atomic E-state index is -3.06. The quantitative estimate of drug-likeness (QED) is 0.633. The second-order valence-corrected chi connectivity index (χ2v) is 6.12. The van der Waals surface area contributed by atoms with Crippen molar-refractivity contribution < 1.29 is 8.42 Å². The molecule has 0 spiro atoms. The van der Waals surface area contributed by atoms with Gasteiger partial charge in [-0.3, -0.25) is 0 Å². The lowest BCUT2D eigenvalue weighted by Crippen LogP contribution is -2.34. The molecule has 0 saturated heterocycles. The third kappa shape index (κ3) is 6.65. The standard InChI is InChI=1S/C10H22N2O2S/c1-5-6-7-10(2)11-8-9-15(13,14)12(3)4/h5,10-11H,1,6-9H2,2-4H3. The van der Waals surface area contributed by atoms with Crippen LogP contribution in [0.3, 0.4) is 0 Å². The number of sulfonamides is 1. The van der Waals surface area contributed by atoms with Crippen LogP contribution in [0.15, 0.2) is 12.7 Å². The van der Waals surface area contributed by atoms with Crippen molar-refractivity contribution in [3.05, 3.63) is 12.7 Å². The molecular formula is C10H22N2O2S. The summed E-state index contributed by atoms with van der Waals surface area (Å²) in [7, 11) is 0.0404.